The van der Waals surface area contributed by atoms with Gasteiger partial charge in [-0.2, -0.15) is 0 Å². The standard InChI is InChI=1S/C13H20N2O4S/c1-14-7-8-15(2)20(17,18)10-11-5-4-6-12(9-11)13(16)19-3/h4-6,9,14H,7-8,10H2,1-3H3. The molecule has 0 aromatic heterocycles. The van der Waals surface area contributed by atoms with Gasteiger partial charge in [-0.05, 0) is 24.7 Å². The summed E-state index contributed by atoms with van der Waals surface area (Å²) in [6, 6.07) is 6.45. The van der Waals surface area contributed by atoms with Crippen molar-refractivity contribution in [1.82, 2.24) is 9.62 Å². The molecule has 0 bridgehead atoms. The van der Waals surface area contributed by atoms with E-state index in [0.29, 0.717) is 24.2 Å². The number of sulfonamides is 1. The van der Waals surface area contributed by atoms with E-state index in [-0.39, 0.29) is 5.75 Å². The van der Waals surface area contributed by atoms with Gasteiger partial charge in [0.2, 0.25) is 10.0 Å². The highest BCUT2D eigenvalue weighted by Crippen LogP contribution is 2.12. The number of carbonyl (C=O) groups excluding carboxylic acids is 1. The number of nitrogens with one attached hydrogen (secondary N) is 1. The molecule has 0 aliphatic carbocycles. The summed E-state index contributed by atoms with van der Waals surface area (Å²) in [6.45, 7) is 0.980. The maximum atomic E-state index is 12.1. The number of esters is 1. The number of hydrogen-bond acceptors (Lipinski definition) is 5. The molecule has 0 saturated carbocycles. The fourth-order valence-corrected chi connectivity index (χ4v) is 2.83. The van der Waals surface area contributed by atoms with Crippen LogP contribution in [0.2, 0.25) is 0 Å². The van der Waals surface area contributed by atoms with Gasteiger partial charge in [-0.15, -0.1) is 0 Å². The van der Waals surface area contributed by atoms with Gasteiger partial charge in [0.25, 0.3) is 0 Å². The summed E-state index contributed by atoms with van der Waals surface area (Å²) in [7, 11) is 1.20. The highest BCUT2D eigenvalue weighted by molar-refractivity contribution is 7.88. The second-order valence-corrected chi connectivity index (χ2v) is 6.45. The van der Waals surface area contributed by atoms with E-state index in [4.69, 9.17) is 0 Å². The van der Waals surface area contributed by atoms with Gasteiger partial charge in [0.15, 0.2) is 0 Å². The summed E-state index contributed by atoms with van der Waals surface area (Å²) in [6.07, 6.45) is 0. The molecule has 112 valence electrons. The third kappa shape index (κ3) is 4.59. The molecule has 0 radical (unpaired) electrons. The molecule has 0 fully saturated rings. The molecule has 1 N–H and O–H groups in total. The number of nitrogens with zero attached hydrogens (tertiary/aromatic N) is 1. The summed E-state index contributed by atoms with van der Waals surface area (Å²) in [5.41, 5.74) is 0.905. The Kier molecular flexibility index (Phi) is 6.12. The Morgan fingerprint density at radius 1 is 1.40 bits per heavy atom. The van der Waals surface area contributed by atoms with Gasteiger partial charge >= 0.3 is 5.97 Å². The maximum absolute atomic E-state index is 12.1. The zero-order chi connectivity index (χ0) is 15.2. The van der Waals surface area contributed by atoms with E-state index in [1.54, 1.807) is 25.2 Å². The Morgan fingerprint density at radius 3 is 2.70 bits per heavy atom. The number of hydrogen-bond donors (Lipinski definition) is 1. The van der Waals surface area contributed by atoms with Crippen molar-refractivity contribution in [2.45, 2.75) is 5.75 Å². The van der Waals surface area contributed by atoms with Gasteiger partial charge < -0.3 is 10.1 Å². The van der Waals surface area contributed by atoms with Crippen LogP contribution in [0, 0.1) is 0 Å². The van der Waals surface area contributed by atoms with Gasteiger partial charge in [-0.25, -0.2) is 17.5 Å². The van der Waals surface area contributed by atoms with Crippen LogP contribution in [0.1, 0.15) is 15.9 Å². The predicted molar refractivity (Wildman–Crippen MR) is 77.0 cm³/mol. The third-order valence-corrected chi connectivity index (χ3v) is 4.68. The molecular formula is C13H20N2O4S. The van der Waals surface area contributed by atoms with Gasteiger partial charge in [0.05, 0.1) is 18.4 Å². The van der Waals surface area contributed by atoms with Crippen LogP contribution in [0.25, 0.3) is 0 Å². The first-order chi connectivity index (χ1) is 9.40. The molecule has 0 saturated heterocycles. The second-order valence-electron chi connectivity index (χ2n) is 4.37. The van der Waals surface area contributed by atoms with Crippen molar-refractivity contribution in [1.29, 1.82) is 0 Å². The lowest BCUT2D eigenvalue weighted by molar-refractivity contribution is 0.0600. The Morgan fingerprint density at radius 2 is 2.10 bits per heavy atom. The van der Waals surface area contributed by atoms with Crippen LogP contribution in [0.3, 0.4) is 0 Å². The average molecular weight is 300 g/mol. The molecule has 1 rings (SSSR count). The maximum Gasteiger partial charge on any atom is 0.337 e. The van der Waals surface area contributed by atoms with Crippen LogP contribution in [-0.2, 0) is 20.5 Å². The highest BCUT2D eigenvalue weighted by atomic mass is 32.2. The topological polar surface area (TPSA) is 75.7 Å². The molecule has 0 amide bonds. The predicted octanol–water partition coefficient (Wildman–Crippen LogP) is 0.454. The Balaban J connectivity index is 2.84. The van der Waals surface area contributed by atoms with E-state index < -0.39 is 16.0 Å². The minimum Gasteiger partial charge on any atom is -0.465 e. The van der Waals surface area contributed by atoms with E-state index in [2.05, 4.69) is 10.1 Å². The first kappa shape index (κ1) is 16.6. The van der Waals surface area contributed by atoms with Gasteiger partial charge in [0, 0.05) is 20.1 Å². The van der Waals surface area contributed by atoms with Crippen LogP contribution >= 0.6 is 0 Å². The van der Waals surface area contributed by atoms with E-state index in [9.17, 15) is 13.2 Å². The number of carbonyl (C=O) groups is 1. The number of benzene rings is 1. The first-order valence-corrected chi connectivity index (χ1v) is 7.77. The molecule has 1 aromatic rings. The van der Waals surface area contributed by atoms with E-state index in [0.717, 1.165) is 0 Å². The molecule has 7 heteroatoms. The molecule has 20 heavy (non-hydrogen) atoms. The normalized spacial score (nSPS) is 11.6. The zero-order valence-corrected chi connectivity index (χ0v) is 12.7. The Bertz CT molecular complexity index is 557. The zero-order valence-electron chi connectivity index (χ0n) is 11.9. The molecule has 0 atom stereocenters. The fourth-order valence-electron chi connectivity index (χ4n) is 1.64. The number of rotatable bonds is 7. The third-order valence-electron chi connectivity index (χ3n) is 2.85. The van der Waals surface area contributed by atoms with Crippen LogP contribution in [-0.4, -0.2) is 53.0 Å². The van der Waals surface area contributed by atoms with Crippen LogP contribution < -0.4 is 5.32 Å². The lowest BCUT2D eigenvalue weighted by Crippen LogP contribution is -2.33. The van der Waals surface area contributed by atoms with Crippen LogP contribution in [0.5, 0.6) is 0 Å². The monoisotopic (exact) mass is 300 g/mol. The smallest absolute Gasteiger partial charge is 0.337 e. The van der Waals surface area contributed by atoms with Gasteiger partial charge in [0.1, 0.15) is 0 Å². The highest BCUT2D eigenvalue weighted by Gasteiger charge is 2.18. The van der Waals surface area contributed by atoms with Crippen LogP contribution in [0.15, 0.2) is 24.3 Å². The Labute approximate surface area is 119 Å². The minimum absolute atomic E-state index is 0.141. The van der Waals surface area contributed by atoms with Gasteiger partial charge in [-0.1, -0.05) is 12.1 Å². The lowest BCUT2D eigenvalue weighted by atomic mass is 10.1. The van der Waals surface area contributed by atoms with E-state index in [1.807, 2.05) is 0 Å². The lowest BCUT2D eigenvalue weighted by Gasteiger charge is -2.17. The van der Waals surface area contributed by atoms with Crippen LogP contribution in [0.4, 0.5) is 0 Å². The molecule has 6 nitrogen and oxygen atoms in total. The molecule has 0 aliphatic rings. The number of likely N-dealkylation sites (N-methyl/N-ethyl adjacent to an activating group) is 2. The molecular weight excluding hydrogens is 280 g/mol. The molecule has 0 unspecified atom stereocenters. The molecule has 0 aliphatic heterocycles. The van der Waals surface area contributed by atoms with Gasteiger partial charge in [-0.3, -0.25) is 0 Å². The quantitative estimate of drug-likeness (QED) is 0.740. The van der Waals surface area contributed by atoms with E-state index in [1.165, 1.54) is 24.5 Å². The summed E-state index contributed by atoms with van der Waals surface area (Å²) < 4.78 is 30.2. The van der Waals surface area contributed by atoms with Crippen molar-refractivity contribution >= 4 is 16.0 Å². The average Bonchev–Trinajstić information content (AvgIpc) is 2.43. The number of methoxy groups -OCH3 is 1. The summed E-state index contributed by atoms with van der Waals surface area (Å²) in [4.78, 5) is 11.4. The fraction of sp³-hybridized carbons (Fsp3) is 0.462. The van der Waals surface area contributed by atoms with Crippen molar-refractivity contribution in [2.24, 2.45) is 0 Å². The molecule has 1 aromatic carbocycles. The number of ether oxygens (including phenoxy) is 1. The summed E-state index contributed by atoms with van der Waals surface area (Å²) in [5.74, 6) is -0.620. The summed E-state index contributed by atoms with van der Waals surface area (Å²) in [5, 5.41) is 2.90. The second kappa shape index (κ2) is 7.37. The van der Waals surface area contributed by atoms with Crippen molar-refractivity contribution in [3.05, 3.63) is 35.4 Å². The van der Waals surface area contributed by atoms with Crippen molar-refractivity contribution in [3.63, 3.8) is 0 Å². The summed E-state index contributed by atoms with van der Waals surface area (Å²) >= 11 is 0. The Hall–Kier alpha value is -1.44. The largest absolute Gasteiger partial charge is 0.465 e. The first-order valence-electron chi connectivity index (χ1n) is 6.16. The molecule has 0 spiro atoms. The minimum atomic E-state index is -3.39. The van der Waals surface area contributed by atoms with Crippen molar-refractivity contribution < 1.29 is 17.9 Å². The molecule has 0 heterocycles. The SMILES string of the molecule is CNCCN(C)S(=O)(=O)Cc1cccc(C(=O)OC)c1. The van der Waals surface area contributed by atoms with E-state index >= 15 is 0 Å². The van der Waals surface area contributed by atoms with Crippen molar-refractivity contribution in [2.75, 3.05) is 34.3 Å². The van der Waals surface area contributed by atoms with Crippen molar-refractivity contribution in [3.8, 4) is 0 Å².